The molecule has 1 aromatic heterocycles. The van der Waals surface area contributed by atoms with Crippen molar-refractivity contribution in [2.24, 2.45) is 0 Å². The molecule has 3 aromatic rings. The highest BCUT2D eigenvalue weighted by atomic mass is 32.2. The first-order valence-electron chi connectivity index (χ1n) is 8.07. The van der Waals surface area contributed by atoms with Crippen LogP contribution in [0.1, 0.15) is 5.56 Å². The molecule has 0 saturated carbocycles. The van der Waals surface area contributed by atoms with Crippen molar-refractivity contribution in [1.29, 1.82) is 0 Å². The van der Waals surface area contributed by atoms with Gasteiger partial charge in [-0.25, -0.2) is 4.63 Å². The molecule has 0 saturated heterocycles. The molecule has 0 radical (unpaired) electrons. The number of hydrogen-bond acceptors (Lipinski definition) is 6. The summed E-state index contributed by atoms with van der Waals surface area (Å²) in [5, 5.41) is 10.5. The monoisotopic (exact) mass is 365 g/mol. The van der Waals surface area contributed by atoms with E-state index in [9.17, 15) is 4.79 Å². The largest absolute Gasteiger partial charge is 0.486 e. The molecule has 1 aliphatic heterocycles. The predicted octanol–water partition coefficient (Wildman–Crippen LogP) is 3.81. The summed E-state index contributed by atoms with van der Waals surface area (Å²) >= 11 is 1.60. The van der Waals surface area contributed by atoms with Crippen LogP contribution in [0.4, 0.5) is 5.82 Å². The molecule has 0 bridgehead atoms. The SMILES string of the molecule is O=C(Nc1nonc1-c1ccccc1)C1=C(c2ccccc2)SCCO1. The highest BCUT2D eigenvalue weighted by molar-refractivity contribution is 8.08. The van der Waals surface area contributed by atoms with Gasteiger partial charge in [-0.05, 0) is 15.9 Å². The molecule has 1 aliphatic rings. The smallest absolute Gasteiger partial charge is 0.293 e. The van der Waals surface area contributed by atoms with Gasteiger partial charge in [0.05, 0.1) is 11.5 Å². The molecule has 0 fully saturated rings. The van der Waals surface area contributed by atoms with Gasteiger partial charge in [-0.15, -0.1) is 11.8 Å². The topological polar surface area (TPSA) is 77.3 Å². The highest BCUT2D eigenvalue weighted by Gasteiger charge is 2.25. The number of rotatable bonds is 4. The van der Waals surface area contributed by atoms with Crippen LogP contribution in [0.5, 0.6) is 0 Å². The van der Waals surface area contributed by atoms with Crippen LogP contribution in [0.2, 0.25) is 0 Å². The molecule has 6 nitrogen and oxygen atoms in total. The van der Waals surface area contributed by atoms with Crippen LogP contribution in [0.15, 0.2) is 71.1 Å². The fraction of sp³-hybridized carbons (Fsp3) is 0.105. The van der Waals surface area contributed by atoms with Crippen LogP contribution in [-0.4, -0.2) is 28.6 Å². The molecule has 0 unspecified atom stereocenters. The van der Waals surface area contributed by atoms with Gasteiger partial charge < -0.3 is 4.74 Å². The van der Waals surface area contributed by atoms with Gasteiger partial charge in [0.25, 0.3) is 5.91 Å². The van der Waals surface area contributed by atoms with Gasteiger partial charge in [0.1, 0.15) is 0 Å². The molecule has 1 N–H and O–H groups in total. The summed E-state index contributed by atoms with van der Waals surface area (Å²) in [4.78, 5) is 13.6. The average molecular weight is 365 g/mol. The second-order valence-electron chi connectivity index (χ2n) is 5.50. The first kappa shape index (κ1) is 16.4. The first-order valence-corrected chi connectivity index (χ1v) is 9.06. The van der Waals surface area contributed by atoms with Gasteiger partial charge in [-0.1, -0.05) is 60.7 Å². The summed E-state index contributed by atoms with van der Waals surface area (Å²) in [6.45, 7) is 0.479. The molecule has 0 spiro atoms. The van der Waals surface area contributed by atoms with E-state index in [1.54, 1.807) is 11.8 Å². The maximum Gasteiger partial charge on any atom is 0.293 e. The fourth-order valence-electron chi connectivity index (χ4n) is 2.61. The lowest BCUT2D eigenvalue weighted by Crippen LogP contribution is -2.21. The van der Waals surface area contributed by atoms with Crippen molar-refractivity contribution in [1.82, 2.24) is 10.3 Å². The van der Waals surface area contributed by atoms with Gasteiger partial charge >= 0.3 is 0 Å². The van der Waals surface area contributed by atoms with Crippen molar-refractivity contribution in [2.75, 3.05) is 17.7 Å². The van der Waals surface area contributed by atoms with E-state index in [1.165, 1.54) is 0 Å². The summed E-state index contributed by atoms with van der Waals surface area (Å²) in [6, 6.07) is 19.1. The highest BCUT2D eigenvalue weighted by Crippen LogP contribution is 2.35. The second kappa shape index (κ2) is 7.45. The second-order valence-corrected chi connectivity index (χ2v) is 6.61. The summed E-state index contributed by atoms with van der Waals surface area (Å²) in [6.07, 6.45) is 0. The third-order valence-electron chi connectivity index (χ3n) is 3.79. The van der Waals surface area contributed by atoms with Crippen molar-refractivity contribution >= 4 is 28.4 Å². The quantitative estimate of drug-likeness (QED) is 0.758. The lowest BCUT2D eigenvalue weighted by Gasteiger charge is -2.20. The van der Waals surface area contributed by atoms with Crippen molar-refractivity contribution < 1.29 is 14.2 Å². The van der Waals surface area contributed by atoms with Crippen LogP contribution in [0, 0.1) is 0 Å². The number of nitrogens with zero attached hydrogens (tertiary/aromatic N) is 2. The number of benzene rings is 2. The average Bonchev–Trinajstić information content (AvgIpc) is 3.17. The third kappa shape index (κ3) is 3.34. The van der Waals surface area contributed by atoms with Crippen LogP contribution >= 0.6 is 11.8 Å². The Hall–Kier alpha value is -3.06. The van der Waals surface area contributed by atoms with Gasteiger partial charge in [0, 0.05) is 11.3 Å². The molecular formula is C19H15N3O3S. The van der Waals surface area contributed by atoms with Crippen molar-refractivity contribution in [3.63, 3.8) is 0 Å². The Kier molecular flexibility index (Phi) is 4.70. The van der Waals surface area contributed by atoms with Crippen molar-refractivity contribution in [2.45, 2.75) is 0 Å². The minimum Gasteiger partial charge on any atom is -0.486 e. The molecule has 2 aromatic carbocycles. The van der Waals surface area contributed by atoms with Gasteiger partial charge in [-0.2, -0.15) is 0 Å². The Bertz CT molecular complexity index is 939. The van der Waals surface area contributed by atoms with Crippen molar-refractivity contribution in [3.8, 4) is 11.3 Å². The molecule has 4 rings (SSSR count). The zero-order valence-corrected chi connectivity index (χ0v) is 14.5. The Morgan fingerprint density at radius 1 is 0.962 bits per heavy atom. The number of aromatic nitrogens is 2. The van der Waals surface area contributed by atoms with Crippen LogP contribution in [0.25, 0.3) is 16.2 Å². The molecule has 26 heavy (non-hydrogen) atoms. The number of nitrogens with one attached hydrogen (secondary N) is 1. The van der Waals surface area contributed by atoms with E-state index in [0.717, 1.165) is 21.8 Å². The Labute approximate surface area is 154 Å². The molecule has 130 valence electrons. The maximum atomic E-state index is 12.8. The van der Waals surface area contributed by atoms with Crippen LogP contribution < -0.4 is 5.32 Å². The maximum absolute atomic E-state index is 12.8. The minimum atomic E-state index is -0.371. The van der Waals surface area contributed by atoms with E-state index < -0.39 is 0 Å². The molecule has 2 heterocycles. The summed E-state index contributed by atoms with van der Waals surface area (Å²) in [5.41, 5.74) is 2.23. The van der Waals surface area contributed by atoms with E-state index in [0.29, 0.717) is 12.3 Å². The fourth-order valence-corrected chi connectivity index (χ4v) is 3.57. The molecule has 0 aliphatic carbocycles. The standard InChI is InChI=1S/C19H15N3O3S/c23-19(16-17(26-12-11-24-16)14-9-5-2-6-10-14)20-18-15(21-25-22-18)13-7-3-1-4-8-13/h1-10H,11-12H2,(H,20,22,23). The lowest BCUT2D eigenvalue weighted by molar-refractivity contribution is -0.115. The Balaban J connectivity index is 1.64. The van der Waals surface area contributed by atoms with E-state index in [-0.39, 0.29) is 17.5 Å². The number of hydrogen-bond donors (Lipinski definition) is 1. The molecule has 1 amide bonds. The molecule has 7 heteroatoms. The van der Waals surface area contributed by atoms with Crippen molar-refractivity contribution in [3.05, 3.63) is 72.0 Å². The number of thioether (sulfide) groups is 1. The predicted molar refractivity (Wildman–Crippen MR) is 100 cm³/mol. The minimum absolute atomic E-state index is 0.264. The molecular weight excluding hydrogens is 350 g/mol. The van der Waals surface area contributed by atoms with E-state index in [2.05, 4.69) is 15.6 Å². The van der Waals surface area contributed by atoms with E-state index in [4.69, 9.17) is 9.37 Å². The zero-order valence-electron chi connectivity index (χ0n) is 13.7. The number of ether oxygens (including phenoxy) is 1. The molecule has 0 atom stereocenters. The van der Waals surface area contributed by atoms with E-state index in [1.807, 2.05) is 60.7 Å². The van der Waals surface area contributed by atoms with Gasteiger partial charge in [0.2, 0.25) is 5.82 Å². The van der Waals surface area contributed by atoms with Gasteiger partial charge in [0.15, 0.2) is 11.5 Å². The number of anilines is 1. The number of carbonyl (C=O) groups is 1. The number of amides is 1. The third-order valence-corrected chi connectivity index (χ3v) is 4.87. The van der Waals surface area contributed by atoms with E-state index >= 15 is 0 Å². The van der Waals surface area contributed by atoms with Crippen LogP contribution in [-0.2, 0) is 9.53 Å². The Morgan fingerprint density at radius 3 is 2.38 bits per heavy atom. The first-order chi connectivity index (χ1) is 12.8. The lowest BCUT2D eigenvalue weighted by atomic mass is 10.1. The zero-order chi connectivity index (χ0) is 17.8. The van der Waals surface area contributed by atoms with Crippen LogP contribution in [0.3, 0.4) is 0 Å². The summed E-state index contributed by atoms with van der Waals surface area (Å²) < 4.78 is 10.5. The summed E-state index contributed by atoms with van der Waals surface area (Å²) in [5.74, 6) is 0.973. The van der Waals surface area contributed by atoms with Gasteiger partial charge in [-0.3, -0.25) is 10.1 Å². The number of carbonyl (C=O) groups excluding carboxylic acids is 1. The Morgan fingerprint density at radius 2 is 1.65 bits per heavy atom. The normalized spacial score (nSPS) is 14.0. The summed E-state index contributed by atoms with van der Waals surface area (Å²) in [7, 11) is 0.